The van der Waals surface area contributed by atoms with Gasteiger partial charge in [0.2, 0.25) is 0 Å². The maximum atomic E-state index is 10.0. The van der Waals surface area contributed by atoms with Crippen LogP contribution in [0, 0.1) is 0 Å². The largest absolute Gasteiger partial charge is 0.390 e. The Kier molecular flexibility index (Phi) is 6.53. The lowest BCUT2D eigenvalue weighted by molar-refractivity contribution is 0.0333. The predicted octanol–water partition coefficient (Wildman–Crippen LogP) is -0.247. The molecule has 2 N–H and O–H groups in total. The minimum Gasteiger partial charge on any atom is -0.390 e. The molecule has 0 aromatic heterocycles. The van der Waals surface area contributed by atoms with Gasteiger partial charge in [-0.1, -0.05) is 0 Å². The maximum absolute atomic E-state index is 10.0. The second-order valence-corrected chi connectivity index (χ2v) is 5.88. The van der Waals surface area contributed by atoms with Gasteiger partial charge in [-0.25, -0.2) is 0 Å². The molecule has 0 radical (unpaired) electrons. The van der Waals surface area contributed by atoms with Crippen molar-refractivity contribution < 1.29 is 9.84 Å². The molecule has 2 atom stereocenters. The summed E-state index contributed by atoms with van der Waals surface area (Å²) in [4.78, 5) is 4.78. The number of aliphatic hydroxyl groups is 1. The zero-order valence-corrected chi connectivity index (χ0v) is 12.2. The van der Waals surface area contributed by atoms with E-state index in [4.69, 9.17) is 4.74 Å². The van der Waals surface area contributed by atoms with Crippen LogP contribution in [0.4, 0.5) is 0 Å². The van der Waals surface area contributed by atoms with Gasteiger partial charge in [-0.2, -0.15) is 0 Å². The lowest BCUT2D eigenvalue weighted by Crippen LogP contribution is -2.47. The number of hydrogen-bond acceptors (Lipinski definition) is 5. The zero-order chi connectivity index (χ0) is 13.5. The van der Waals surface area contributed by atoms with Crippen molar-refractivity contribution in [1.82, 2.24) is 15.1 Å². The van der Waals surface area contributed by atoms with Gasteiger partial charge in [0.25, 0.3) is 0 Å². The number of nitrogens with zero attached hydrogens (tertiary/aromatic N) is 2. The fourth-order valence-electron chi connectivity index (χ4n) is 2.90. The number of morpholine rings is 1. The molecule has 5 nitrogen and oxygen atoms in total. The van der Waals surface area contributed by atoms with Crippen LogP contribution in [0.1, 0.15) is 19.8 Å². The summed E-state index contributed by atoms with van der Waals surface area (Å²) in [5.41, 5.74) is 0. The fourth-order valence-corrected chi connectivity index (χ4v) is 2.90. The third-order valence-corrected chi connectivity index (χ3v) is 4.01. The molecule has 0 aromatic rings. The Morgan fingerprint density at radius 2 is 1.68 bits per heavy atom. The highest BCUT2D eigenvalue weighted by Gasteiger charge is 2.17. The van der Waals surface area contributed by atoms with E-state index in [2.05, 4.69) is 22.0 Å². The number of hydrogen-bond donors (Lipinski definition) is 2. The lowest BCUT2D eigenvalue weighted by Gasteiger charge is -2.30. The molecule has 0 amide bonds. The number of likely N-dealkylation sites (tertiary alicyclic amines) is 1. The summed E-state index contributed by atoms with van der Waals surface area (Å²) in [5.74, 6) is 0. The van der Waals surface area contributed by atoms with Gasteiger partial charge < -0.3 is 20.1 Å². The van der Waals surface area contributed by atoms with Crippen LogP contribution in [0.5, 0.6) is 0 Å². The summed E-state index contributed by atoms with van der Waals surface area (Å²) in [5, 5.41) is 13.5. The van der Waals surface area contributed by atoms with Crippen molar-refractivity contribution in [1.29, 1.82) is 0 Å². The lowest BCUT2D eigenvalue weighted by atomic mass is 10.2. The first-order valence-electron chi connectivity index (χ1n) is 7.68. The highest BCUT2D eigenvalue weighted by molar-refractivity contribution is 4.75. The molecule has 0 saturated carbocycles. The Bertz CT molecular complexity index is 241. The monoisotopic (exact) mass is 271 g/mol. The minimum atomic E-state index is -0.245. The normalized spacial score (nSPS) is 25.6. The van der Waals surface area contributed by atoms with Gasteiger partial charge in [-0.05, 0) is 32.9 Å². The van der Waals surface area contributed by atoms with Crippen molar-refractivity contribution >= 4 is 0 Å². The molecule has 19 heavy (non-hydrogen) atoms. The second kappa shape index (κ2) is 8.17. The average Bonchev–Trinajstić information content (AvgIpc) is 2.90. The van der Waals surface area contributed by atoms with E-state index in [0.717, 1.165) is 52.5 Å². The van der Waals surface area contributed by atoms with E-state index in [1.54, 1.807) is 0 Å². The van der Waals surface area contributed by atoms with Crippen molar-refractivity contribution in [3.63, 3.8) is 0 Å². The van der Waals surface area contributed by atoms with Gasteiger partial charge in [-0.3, -0.25) is 4.90 Å². The van der Waals surface area contributed by atoms with Gasteiger partial charge >= 0.3 is 0 Å². The Balaban J connectivity index is 1.55. The first-order valence-corrected chi connectivity index (χ1v) is 7.68. The molecule has 2 rings (SSSR count). The predicted molar refractivity (Wildman–Crippen MR) is 76.4 cm³/mol. The third kappa shape index (κ3) is 5.75. The third-order valence-electron chi connectivity index (χ3n) is 4.01. The molecule has 0 aromatic carbocycles. The number of β-amino-alcohol motifs (C(OH)–C–C–N with tert-alkyl or cyclic N) is 1. The fraction of sp³-hybridized carbons (Fsp3) is 1.00. The maximum Gasteiger partial charge on any atom is 0.0791 e. The summed E-state index contributed by atoms with van der Waals surface area (Å²) in [6, 6.07) is 0.423. The van der Waals surface area contributed by atoms with Crippen LogP contribution < -0.4 is 5.32 Å². The number of nitrogens with one attached hydrogen (secondary N) is 1. The van der Waals surface area contributed by atoms with E-state index in [1.807, 2.05) is 0 Å². The van der Waals surface area contributed by atoms with E-state index in [0.29, 0.717) is 12.6 Å². The van der Waals surface area contributed by atoms with Crippen LogP contribution in [0.15, 0.2) is 0 Å². The van der Waals surface area contributed by atoms with Crippen LogP contribution >= 0.6 is 0 Å². The Hall–Kier alpha value is -0.200. The topological polar surface area (TPSA) is 48.0 Å². The van der Waals surface area contributed by atoms with Crippen LogP contribution in [0.2, 0.25) is 0 Å². The number of rotatable bonds is 7. The van der Waals surface area contributed by atoms with Crippen molar-refractivity contribution in [3.8, 4) is 0 Å². The highest BCUT2D eigenvalue weighted by atomic mass is 16.5. The quantitative estimate of drug-likeness (QED) is 0.669. The van der Waals surface area contributed by atoms with Crippen molar-refractivity contribution in [2.45, 2.75) is 31.9 Å². The Morgan fingerprint density at radius 3 is 2.37 bits per heavy atom. The van der Waals surface area contributed by atoms with E-state index < -0.39 is 0 Å². The molecular weight excluding hydrogens is 242 g/mol. The SMILES string of the molecule is CC(CN1CCOCC1)NCC(O)CN1CCCC1. The molecule has 112 valence electrons. The summed E-state index contributed by atoms with van der Waals surface area (Å²) < 4.78 is 5.35. The molecule has 0 bridgehead atoms. The number of aliphatic hydroxyl groups excluding tert-OH is 1. The molecule has 2 aliphatic heterocycles. The highest BCUT2D eigenvalue weighted by Crippen LogP contribution is 2.07. The molecule has 2 unspecified atom stereocenters. The van der Waals surface area contributed by atoms with Crippen molar-refractivity contribution in [2.75, 3.05) is 59.0 Å². The molecule has 2 saturated heterocycles. The van der Waals surface area contributed by atoms with E-state index in [-0.39, 0.29) is 6.10 Å². The van der Waals surface area contributed by atoms with Gasteiger partial charge in [-0.15, -0.1) is 0 Å². The summed E-state index contributed by atoms with van der Waals surface area (Å²) in [6.45, 7) is 10.8. The molecular formula is C14H29N3O2. The molecule has 2 fully saturated rings. The Labute approximate surface area is 116 Å². The first kappa shape index (κ1) is 15.2. The first-order chi connectivity index (χ1) is 9.24. The van der Waals surface area contributed by atoms with E-state index in [1.165, 1.54) is 12.8 Å². The van der Waals surface area contributed by atoms with Crippen LogP contribution in [-0.4, -0.2) is 86.1 Å². The van der Waals surface area contributed by atoms with Gasteiger partial charge in [0, 0.05) is 38.8 Å². The molecule has 2 aliphatic rings. The van der Waals surface area contributed by atoms with Crippen LogP contribution in [-0.2, 0) is 4.74 Å². The van der Waals surface area contributed by atoms with Crippen LogP contribution in [0.3, 0.4) is 0 Å². The summed E-state index contributed by atoms with van der Waals surface area (Å²) in [7, 11) is 0. The summed E-state index contributed by atoms with van der Waals surface area (Å²) >= 11 is 0. The van der Waals surface area contributed by atoms with Crippen molar-refractivity contribution in [3.05, 3.63) is 0 Å². The van der Waals surface area contributed by atoms with Crippen molar-refractivity contribution in [2.24, 2.45) is 0 Å². The molecule has 0 aliphatic carbocycles. The zero-order valence-electron chi connectivity index (χ0n) is 12.2. The average molecular weight is 271 g/mol. The van der Waals surface area contributed by atoms with Gasteiger partial charge in [0.15, 0.2) is 0 Å². The van der Waals surface area contributed by atoms with E-state index in [9.17, 15) is 5.11 Å². The minimum absolute atomic E-state index is 0.245. The smallest absolute Gasteiger partial charge is 0.0791 e. The Morgan fingerprint density at radius 1 is 1.05 bits per heavy atom. The van der Waals surface area contributed by atoms with E-state index >= 15 is 0 Å². The standard InChI is InChI=1S/C14H29N3O2/c1-13(11-17-6-8-19-9-7-17)15-10-14(18)12-16-4-2-3-5-16/h13-15,18H,2-12H2,1H3. The molecule has 5 heteroatoms. The summed E-state index contributed by atoms with van der Waals surface area (Å²) in [6.07, 6.45) is 2.33. The number of ether oxygens (including phenoxy) is 1. The molecule has 0 spiro atoms. The van der Waals surface area contributed by atoms with Gasteiger partial charge in [0.05, 0.1) is 19.3 Å². The van der Waals surface area contributed by atoms with Gasteiger partial charge in [0.1, 0.15) is 0 Å². The van der Waals surface area contributed by atoms with Crippen LogP contribution in [0.25, 0.3) is 0 Å². The molecule has 2 heterocycles. The second-order valence-electron chi connectivity index (χ2n) is 5.88.